The third kappa shape index (κ3) is 1.81. The van der Waals surface area contributed by atoms with Crippen LogP contribution in [0.25, 0.3) is 4.98 Å². The number of aromatic carboxylic acids is 1. The second-order valence-electron chi connectivity index (χ2n) is 2.60. The van der Waals surface area contributed by atoms with Gasteiger partial charge in [0.25, 0.3) is 0 Å². The van der Waals surface area contributed by atoms with Crippen LogP contribution in [0.2, 0.25) is 0 Å². The summed E-state index contributed by atoms with van der Waals surface area (Å²) in [4.78, 5) is 13.8. The van der Waals surface area contributed by atoms with Crippen LogP contribution in [0.5, 0.6) is 11.5 Å². The molecule has 15 heavy (non-hydrogen) atoms. The maximum absolute atomic E-state index is 10.9. The lowest BCUT2D eigenvalue weighted by Crippen LogP contribution is -2.02. The number of carboxylic acid groups (broad SMARTS) is 1. The Kier molecular flexibility index (Phi) is 3.08. The van der Waals surface area contributed by atoms with Crippen molar-refractivity contribution in [3.63, 3.8) is 0 Å². The molecular weight excluding hydrogens is 200 g/mol. The van der Waals surface area contributed by atoms with Crippen LogP contribution < -0.4 is 9.47 Å². The molecule has 0 aliphatic heterocycles. The van der Waals surface area contributed by atoms with Crippen LogP contribution in [-0.2, 0) is 0 Å². The minimum Gasteiger partial charge on any atom is -0.493 e. The quantitative estimate of drug-likeness (QED) is 0.768. The molecule has 78 valence electrons. The number of diazo groups is 1. The largest absolute Gasteiger partial charge is 0.493 e. The van der Waals surface area contributed by atoms with Gasteiger partial charge in [0, 0.05) is 6.07 Å². The van der Waals surface area contributed by atoms with Crippen LogP contribution in [0.15, 0.2) is 12.1 Å². The van der Waals surface area contributed by atoms with E-state index in [9.17, 15) is 4.79 Å². The number of nitrogens with zero attached hydrogens (tertiary/aromatic N) is 2. The van der Waals surface area contributed by atoms with Crippen molar-refractivity contribution in [3.8, 4) is 11.5 Å². The molecule has 0 bridgehead atoms. The molecular formula is C9H9N2O4+. The van der Waals surface area contributed by atoms with Gasteiger partial charge in [-0.05, 0) is 6.07 Å². The zero-order chi connectivity index (χ0) is 11.4. The summed E-state index contributed by atoms with van der Waals surface area (Å²) in [5.74, 6) is -0.957. The first-order chi connectivity index (χ1) is 7.15. The predicted molar refractivity (Wildman–Crippen MR) is 51.2 cm³/mol. The summed E-state index contributed by atoms with van der Waals surface area (Å²) in [7, 11) is 2.70. The Morgan fingerprint density at radius 2 is 2.07 bits per heavy atom. The van der Waals surface area contributed by atoms with Gasteiger partial charge in [0.15, 0.2) is 16.5 Å². The van der Waals surface area contributed by atoms with Crippen LogP contribution in [-0.4, -0.2) is 25.3 Å². The first-order valence-electron chi connectivity index (χ1n) is 3.99. The van der Waals surface area contributed by atoms with E-state index >= 15 is 0 Å². The maximum Gasteiger partial charge on any atom is 0.403 e. The van der Waals surface area contributed by atoms with Gasteiger partial charge in [-0.1, -0.05) is 0 Å². The van der Waals surface area contributed by atoms with Gasteiger partial charge in [-0.2, -0.15) is 0 Å². The van der Waals surface area contributed by atoms with E-state index in [-0.39, 0.29) is 22.7 Å². The minimum absolute atomic E-state index is 0.0281. The number of ether oxygens (including phenoxy) is 2. The van der Waals surface area contributed by atoms with E-state index in [1.807, 2.05) is 0 Å². The molecule has 0 radical (unpaired) electrons. The number of benzene rings is 1. The number of methoxy groups -OCH3 is 2. The molecule has 0 unspecified atom stereocenters. The summed E-state index contributed by atoms with van der Waals surface area (Å²) < 4.78 is 9.81. The summed E-state index contributed by atoms with van der Waals surface area (Å²) in [6.07, 6.45) is 0. The molecule has 0 spiro atoms. The SMILES string of the molecule is COc1ccc([N+]#N)c(C(=O)O)c1OC. The van der Waals surface area contributed by atoms with Gasteiger partial charge < -0.3 is 14.6 Å². The first kappa shape index (κ1) is 10.8. The van der Waals surface area contributed by atoms with E-state index in [0.29, 0.717) is 0 Å². The Morgan fingerprint density at radius 3 is 2.47 bits per heavy atom. The molecule has 0 aromatic heterocycles. The van der Waals surface area contributed by atoms with E-state index in [2.05, 4.69) is 4.98 Å². The van der Waals surface area contributed by atoms with Crippen LogP contribution in [0.4, 0.5) is 5.69 Å². The van der Waals surface area contributed by atoms with Crippen LogP contribution in [0.3, 0.4) is 0 Å². The van der Waals surface area contributed by atoms with E-state index in [1.54, 1.807) is 0 Å². The van der Waals surface area contributed by atoms with Gasteiger partial charge in [-0.25, -0.2) is 4.79 Å². The molecule has 1 aromatic rings. The van der Waals surface area contributed by atoms with Gasteiger partial charge in [0.05, 0.1) is 14.2 Å². The normalized spacial score (nSPS) is 9.13. The Balaban J connectivity index is 3.53. The lowest BCUT2D eigenvalue weighted by atomic mass is 10.1. The second-order valence-corrected chi connectivity index (χ2v) is 2.60. The van der Waals surface area contributed by atoms with Crippen molar-refractivity contribution in [3.05, 3.63) is 22.7 Å². The highest BCUT2D eigenvalue weighted by Gasteiger charge is 2.28. The molecule has 0 fully saturated rings. The fraction of sp³-hybridized carbons (Fsp3) is 0.222. The summed E-state index contributed by atoms with van der Waals surface area (Å²) in [6.45, 7) is 0. The van der Waals surface area contributed by atoms with Crippen LogP contribution >= 0.6 is 0 Å². The fourth-order valence-electron chi connectivity index (χ4n) is 1.21. The third-order valence-electron chi connectivity index (χ3n) is 1.85. The number of hydrogen-bond donors (Lipinski definition) is 1. The zero-order valence-corrected chi connectivity index (χ0v) is 8.22. The van der Waals surface area contributed by atoms with Gasteiger partial charge in [0.2, 0.25) is 11.0 Å². The van der Waals surface area contributed by atoms with Crippen molar-refractivity contribution < 1.29 is 19.4 Å². The van der Waals surface area contributed by atoms with Gasteiger partial charge in [-0.15, -0.1) is 0 Å². The number of carboxylic acids is 1. The summed E-state index contributed by atoms with van der Waals surface area (Å²) in [5.41, 5.74) is -0.320. The van der Waals surface area contributed by atoms with Crippen LogP contribution in [0, 0.1) is 5.39 Å². The predicted octanol–water partition coefficient (Wildman–Crippen LogP) is 1.89. The van der Waals surface area contributed by atoms with Crippen molar-refractivity contribution in [2.45, 2.75) is 0 Å². The van der Waals surface area contributed by atoms with Gasteiger partial charge in [-0.3, -0.25) is 0 Å². The topological polar surface area (TPSA) is 83.9 Å². The van der Waals surface area contributed by atoms with Gasteiger partial charge >= 0.3 is 11.7 Å². The maximum atomic E-state index is 10.9. The number of hydrogen-bond acceptors (Lipinski definition) is 4. The molecule has 6 heteroatoms. The van der Waals surface area contributed by atoms with Gasteiger partial charge in [0.1, 0.15) is 0 Å². The molecule has 0 aliphatic carbocycles. The Hall–Kier alpha value is -2.29. The van der Waals surface area contributed by atoms with E-state index in [0.717, 1.165) is 0 Å². The molecule has 0 saturated carbocycles. The molecule has 0 saturated heterocycles. The van der Waals surface area contributed by atoms with E-state index in [4.69, 9.17) is 20.0 Å². The fourth-order valence-corrected chi connectivity index (χ4v) is 1.21. The standard InChI is InChI=1S/C9H8N2O4/c1-14-6-4-3-5(11-10)7(9(12)13)8(6)15-2/h3-4H,1-2H3/p+1. The van der Waals surface area contributed by atoms with Crippen molar-refractivity contribution in [1.29, 1.82) is 5.39 Å². The highest BCUT2D eigenvalue weighted by Crippen LogP contribution is 2.37. The molecule has 1 N–H and O–H groups in total. The molecule has 1 rings (SSSR count). The lowest BCUT2D eigenvalue weighted by Gasteiger charge is -2.07. The lowest BCUT2D eigenvalue weighted by molar-refractivity contribution is 0.0694. The molecule has 1 aromatic carbocycles. The minimum atomic E-state index is -1.25. The number of carbonyl (C=O) groups is 1. The Bertz CT molecular complexity index is 436. The summed E-state index contributed by atoms with van der Waals surface area (Å²) in [6, 6.07) is 2.78. The van der Waals surface area contributed by atoms with E-state index < -0.39 is 5.97 Å². The number of rotatable bonds is 3. The molecule has 6 nitrogen and oxygen atoms in total. The molecule has 0 atom stereocenters. The average molecular weight is 209 g/mol. The summed E-state index contributed by atoms with van der Waals surface area (Å²) >= 11 is 0. The zero-order valence-electron chi connectivity index (χ0n) is 8.22. The molecule has 0 heterocycles. The molecule has 0 aliphatic rings. The highest BCUT2D eigenvalue weighted by atomic mass is 16.5. The highest BCUT2D eigenvalue weighted by molar-refractivity contribution is 5.98. The smallest absolute Gasteiger partial charge is 0.403 e. The first-order valence-corrected chi connectivity index (χ1v) is 3.99. The van der Waals surface area contributed by atoms with Crippen molar-refractivity contribution in [2.24, 2.45) is 0 Å². The molecule has 0 amide bonds. The monoisotopic (exact) mass is 209 g/mol. The van der Waals surface area contributed by atoms with E-state index in [1.165, 1.54) is 26.4 Å². The Labute approximate surface area is 85.7 Å². The Morgan fingerprint density at radius 1 is 1.40 bits per heavy atom. The third-order valence-corrected chi connectivity index (χ3v) is 1.85. The summed E-state index contributed by atoms with van der Waals surface area (Å²) in [5, 5.41) is 17.5. The average Bonchev–Trinajstić information content (AvgIpc) is 2.26. The van der Waals surface area contributed by atoms with Crippen molar-refractivity contribution in [1.82, 2.24) is 0 Å². The van der Waals surface area contributed by atoms with Crippen molar-refractivity contribution >= 4 is 11.7 Å². The van der Waals surface area contributed by atoms with Crippen LogP contribution in [0.1, 0.15) is 10.4 Å². The second kappa shape index (κ2) is 4.28. The van der Waals surface area contributed by atoms with Crippen molar-refractivity contribution in [2.75, 3.05) is 14.2 Å².